The van der Waals surface area contributed by atoms with Gasteiger partial charge in [-0.05, 0) is 26.2 Å². The van der Waals surface area contributed by atoms with E-state index in [1.54, 1.807) is 0 Å². The van der Waals surface area contributed by atoms with E-state index in [0.717, 1.165) is 52.1 Å². The number of allylic oxidation sites excluding steroid dienone is 2. The van der Waals surface area contributed by atoms with Crippen LogP contribution in [0, 0.1) is 10.1 Å². The first-order valence-corrected chi connectivity index (χ1v) is 8.71. The molecule has 1 fully saturated rings. The molecule has 0 atom stereocenters. The Morgan fingerprint density at radius 2 is 1.88 bits per heavy atom. The number of carbonyl (C=O) groups is 1. The van der Waals surface area contributed by atoms with Gasteiger partial charge in [-0.1, -0.05) is 12.2 Å². The van der Waals surface area contributed by atoms with Crippen molar-refractivity contribution >= 4 is 5.91 Å². The third-order valence-corrected chi connectivity index (χ3v) is 4.04. The Hall–Kier alpha value is -1.67. The van der Waals surface area contributed by atoms with Gasteiger partial charge in [0.2, 0.25) is 5.91 Å². The molecule has 0 spiro atoms. The molecular formula is C16H30N4O4. The molecule has 0 aromatic rings. The van der Waals surface area contributed by atoms with Gasteiger partial charge in [-0.2, -0.15) is 0 Å². The molecule has 1 aliphatic rings. The third-order valence-electron chi connectivity index (χ3n) is 4.04. The zero-order valence-corrected chi connectivity index (χ0v) is 14.6. The molecule has 24 heavy (non-hydrogen) atoms. The van der Waals surface area contributed by atoms with Crippen molar-refractivity contribution < 1.29 is 14.7 Å². The number of piperazine rings is 1. The molecule has 0 aromatic carbocycles. The molecule has 1 N–H and O–H groups in total. The highest BCUT2D eigenvalue weighted by atomic mass is 16.9. The van der Waals surface area contributed by atoms with Crippen LogP contribution >= 0.6 is 0 Å². The maximum absolute atomic E-state index is 11.7. The molecule has 0 aromatic heterocycles. The van der Waals surface area contributed by atoms with Crippen molar-refractivity contribution in [3.8, 4) is 0 Å². The van der Waals surface area contributed by atoms with Crippen molar-refractivity contribution in [3.63, 3.8) is 0 Å². The lowest BCUT2D eigenvalue weighted by Gasteiger charge is -2.34. The predicted octanol–water partition coefficient (Wildman–Crippen LogP) is 1.07. The minimum Gasteiger partial charge on any atom is -0.355 e. The van der Waals surface area contributed by atoms with Crippen LogP contribution in [0.1, 0.15) is 32.6 Å². The highest BCUT2D eigenvalue weighted by molar-refractivity contribution is 5.75. The second-order valence-corrected chi connectivity index (χ2v) is 5.90. The average Bonchev–Trinajstić information content (AvgIpc) is 2.57. The molecule has 1 heterocycles. The molecule has 1 aliphatic heterocycles. The summed E-state index contributed by atoms with van der Waals surface area (Å²) >= 11 is 0. The minimum atomic E-state index is -0.743. The van der Waals surface area contributed by atoms with Crippen molar-refractivity contribution in [2.75, 3.05) is 52.4 Å². The summed E-state index contributed by atoms with van der Waals surface area (Å²) in [5.41, 5.74) is 0. The minimum absolute atomic E-state index is 0.129. The van der Waals surface area contributed by atoms with Crippen molar-refractivity contribution in [2.45, 2.75) is 32.6 Å². The van der Waals surface area contributed by atoms with Gasteiger partial charge in [0, 0.05) is 52.2 Å². The summed E-state index contributed by atoms with van der Waals surface area (Å²) in [7, 11) is 0. The van der Waals surface area contributed by atoms with Gasteiger partial charge in [-0.25, -0.2) is 0 Å². The number of nitrogens with zero attached hydrogens (tertiary/aromatic N) is 3. The molecule has 0 aliphatic carbocycles. The Kier molecular flexibility index (Phi) is 10.8. The van der Waals surface area contributed by atoms with Gasteiger partial charge >= 0.3 is 0 Å². The highest BCUT2D eigenvalue weighted by Gasteiger charge is 2.16. The first kappa shape index (κ1) is 20.4. The van der Waals surface area contributed by atoms with Crippen LogP contribution in [-0.4, -0.2) is 73.2 Å². The maximum atomic E-state index is 11.7. The number of nitrogens with one attached hydrogen (secondary N) is 1. The Bertz CT molecular complexity index is 396. The van der Waals surface area contributed by atoms with E-state index in [1.807, 2.05) is 13.0 Å². The van der Waals surface area contributed by atoms with E-state index in [4.69, 9.17) is 0 Å². The first-order valence-electron chi connectivity index (χ1n) is 8.71. The summed E-state index contributed by atoms with van der Waals surface area (Å²) < 4.78 is 0. The van der Waals surface area contributed by atoms with Crippen LogP contribution in [0.4, 0.5) is 0 Å². The van der Waals surface area contributed by atoms with E-state index < -0.39 is 5.09 Å². The van der Waals surface area contributed by atoms with Gasteiger partial charge in [-0.3, -0.25) is 9.69 Å². The van der Waals surface area contributed by atoms with Crippen LogP contribution in [-0.2, 0) is 9.63 Å². The van der Waals surface area contributed by atoms with Crippen LogP contribution in [0.25, 0.3) is 0 Å². The molecule has 0 bridgehead atoms. The fraction of sp³-hybridized carbons (Fsp3) is 0.812. The standard InChI is InChI=1S/C16H30N4O4/c1-2-3-4-5-7-16(21)17-8-10-19-13-11-18(12-14-19)9-6-15-24-20(22)23/h2-3H,4-15H2,1H3,(H,17,21)/b3-2-. The van der Waals surface area contributed by atoms with Gasteiger partial charge in [0.05, 0.1) is 6.61 Å². The number of carbonyl (C=O) groups excluding carboxylic acids is 1. The van der Waals surface area contributed by atoms with E-state index >= 15 is 0 Å². The van der Waals surface area contributed by atoms with Gasteiger partial charge in [0.25, 0.3) is 5.09 Å². The second kappa shape index (κ2) is 12.7. The monoisotopic (exact) mass is 342 g/mol. The molecule has 1 saturated heterocycles. The largest absolute Gasteiger partial charge is 0.355 e. The first-order chi connectivity index (χ1) is 11.6. The third kappa shape index (κ3) is 10.2. The summed E-state index contributed by atoms with van der Waals surface area (Å²) in [5, 5.41) is 12.3. The zero-order chi connectivity index (χ0) is 17.6. The maximum Gasteiger partial charge on any atom is 0.294 e. The van der Waals surface area contributed by atoms with E-state index in [2.05, 4.69) is 26.0 Å². The number of rotatable bonds is 12. The summed E-state index contributed by atoms with van der Waals surface area (Å²) in [6, 6.07) is 0. The molecule has 1 amide bonds. The SMILES string of the molecule is C/C=C\CCCC(=O)NCCN1CCN(CCCO[N+](=O)[O-])CC1. The Morgan fingerprint density at radius 3 is 2.50 bits per heavy atom. The van der Waals surface area contributed by atoms with Crippen molar-refractivity contribution in [3.05, 3.63) is 22.3 Å². The van der Waals surface area contributed by atoms with Crippen molar-refractivity contribution in [2.24, 2.45) is 0 Å². The Balaban J connectivity index is 1.99. The van der Waals surface area contributed by atoms with Crippen LogP contribution in [0.3, 0.4) is 0 Å². The molecule has 1 rings (SSSR count). The number of unbranched alkanes of at least 4 members (excludes halogenated alkanes) is 1. The number of hydrogen-bond donors (Lipinski definition) is 1. The predicted molar refractivity (Wildman–Crippen MR) is 92.1 cm³/mol. The van der Waals surface area contributed by atoms with Crippen LogP contribution in [0.5, 0.6) is 0 Å². The topological polar surface area (TPSA) is 88.0 Å². The highest BCUT2D eigenvalue weighted by Crippen LogP contribution is 2.02. The molecule has 8 nitrogen and oxygen atoms in total. The van der Waals surface area contributed by atoms with Gasteiger partial charge in [-0.15, -0.1) is 10.1 Å². The molecule has 8 heteroatoms. The summed E-state index contributed by atoms with van der Waals surface area (Å²) in [6.07, 6.45) is 7.20. The van der Waals surface area contributed by atoms with E-state index in [1.165, 1.54) is 0 Å². The molecule has 0 saturated carbocycles. The van der Waals surface area contributed by atoms with E-state index in [-0.39, 0.29) is 12.5 Å². The normalized spacial score (nSPS) is 16.4. The fourth-order valence-electron chi connectivity index (χ4n) is 2.65. The van der Waals surface area contributed by atoms with Crippen molar-refractivity contribution in [1.82, 2.24) is 15.1 Å². The Morgan fingerprint density at radius 1 is 1.21 bits per heavy atom. The van der Waals surface area contributed by atoms with Crippen molar-refractivity contribution in [1.29, 1.82) is 0 Å². The summed E-state index contributed by atoms with van der Waals surface area (Å²) in [4.78, 5) is 30.7. The van der Waals surface area contributed by atoms with Gasteiger partial charge in [0.1, 0.15) is 0 Å². The molecular weight excluding hydrogens is 312 g/mol. The smallest absolute Gasteiger partial charge is 0.294 e. The fourth-order valence-corrected chi connectivity index (χ4v) is 2.65. The molecule has 0 radical (unpaired) electrons. The summed E-state index contributed by atoms with van der Waals surface area (Å²) in [5.74, 6) is 0.129. The zero-order valence-electron chi connectivity index (χ0n) is 14.6. The second-order valence-electron chi connectivity index (χ2n) is 5.90. The number of hydrogen-bond acceptors (Lipinski definition) is 6. The van der Waals surface area contributed by atoms with E-state index in [0.29, 0.717) is 19.4 Å². The van der Waals surface area contributed by atoms with Crippen LogP contribution in [0.15, 0.2) is 12.2 Å². The van der Waals surface area contributed by atoms with Gasteiger partial charge < -0.3 is 15.1 Å². The molecule has 138 valence electrons. The average molecular weight is 342 g/mol. The van der Waals surface area contributed by atoms with Crippen LogP contribution < -0.4 is 5.32 Å². The van der Waals surface area contributed by atoms with Gasteiger partial charge in [0.15, 0.2) is 0 Å². The van der Waals surface area contributed by atoms with E-state index in [9.17, 15) is 14.9 Å². The molecule has 0 unspecified atom stereocenters. The lowest BCUT2D eigenvalue weighted by molar-refractivity contribution is -0.757. The Labute approximate surface area is 143 Å². The summed E-state index contributed by atoms with van der Waals surface area (Å²) in [6.45, 7) is 8.38. The quantitative estimate of drug-likeness (QED) is 0.247. The lowest BCUT2D eigenvalue weighted by atomic mass is 10.2. The number of amides is 1. The van der Waals surface area contributed by atoms with Crippen LogP contribution in [0.2, 0.25) is 0 Å². The lowest BCUT2D eigenvalue weighted by Crippen LogP contribution is -2.48.